The summed E-state index contributed by atoms with van der Waals surface area (Å²) in [5, 5.41) is 7.60. The number of hydrogen-bond acceptors (Lipinski definition) is 4. The molecule has 3 N–H and O–H groups in total. The molecule has 0 saturated carbocycles. The normalized spacial score (nSPS) is 11.7. The van der Waals surface area contributed by atoms with Crippen molar-refractivity contribution in [1.82, 2.24) is 15.5 Å². The summed E-state index contributed by atoms with van der Waals surface area (Å²) in [6.45, 7) is 5.88. The first-order valence-electron chi connectivity index (χ1n) is 9.38. The number of likely N-dealkylation sites (N-methyl/N-ethyl adjacent to an activating group) is 1. The van der Waals surface area contributed by atoms with Gasteiger partial charge in [0.1, 0.15) is 6.04 Å². The number of hydrogen-bond donors (Lipinski definition) is 3. The van der Waals surface area contributed by atoms with E-state index in [4.69, 9.17) is 0 Å². The summed E-state index contributed by atoms with van der Waals surface area (Å²) in [4.78, 5) is 38.6. The summed E-state index contributed by atoms with van der Waals surface area (Å²) in [7, 11) is 3.11. The van der Waals surface area contributed by atoms with Crippen LogP contribution < -0.4 is 16.0 Å². The average Bonchev–Trinajstić information content (AvgIpc) is 2.65. The lowest BCUT2D eigenvalue weighted by Gasteiger charge is -2.27. The molecule has 154 valence electrons. The Balaban J connectivity index is 2.19. The highest BCUT2D eigenvalue weighted by Gasteiger charge is 2.27. The van der Waals surface area contributed by atoms with Crippen LogP contribution in [0.2, 0.25) is 0 Å². The van der Waals surface area contributed by atoms with Crippen molar-refractivity contribution in [2.45, 2.75) is 26.8 Å². The van der Waals surface area contributed by atoms with Crippen LogP contribution in [0, 0.1) is 20.8 Å². The number of carbonyl (C=O) groups excluding carboxylic acids is 3. The van der Waals surface area contributed by atoms with Crippen LogP contribution >= 0.6 is 0 Å². The van der Waals surface area contributed by atoms with Crippen molar-refractivity contribution < 1.29 is 14.4 Å². The zero-order valence-electron chi connectivity index (χ0n) is 17.5. The van der Waals surface area contributed by atoms with E-state index < -0.39 is 18.0 Å². The van der Waals surface area contributed by atoms with Crippen molar-refractivity contribution in [2.75, 3.05) is 26.0 Å². The largest absolute Gasteiger partial charge is 0.341 e. The molecule has 2 rings (SSSR count). The molecule has 0 aliphatic heterocycles. The van der Waals surface area contributed by atoms with Gasteiger partial charge in [-0.3, -0.25) is 19.8 Å². The Morgan fingerprint density at radius 3 is 2.14 bits per heavy atom. The molecule has 0 saturated heterocycles. The molecular formula is C22H28N4O3. The molecule has 0 aromatic heterocycles. The summed E-state index contributed by atoms with van der Waals surface area (Å²) < 4.78 is 0. The number of aryl methyl sites for hydroxylation is 3. The van der Waals surface area contributed by atoms with E-state index in [1.165, 1.54) is 7.05 Å². The fraction of sp³-hybridized carbons (Fsp3) is 0.318. The van der Waals surface area contributed by atoms with E-state index in [1.807, 2.05) is 51.1 Å². The molecule has 1 unspecified atom stereocenters. The van der Waals surface area contributed by atoms with Crippen LogP contribution in [-0.2, 0) is 9.59 Å². The van der Waals surface area contributed by atoms with Gasteiger partial charge in [0, 0.05) is 12.7 Å². The van der Waals surface area contributed by atoms with Crippen molar-refractivity contribution in [3.05, 3.63) is 64.7 Å². The van der Waals surface area contributed by atoms with Crippen molar-refractivity contribution in [2.24, 2.45) is 0 Å². The highest BCUT2D eigenvalue weighted by molar-refractivity contribution is 5.98. The number of carbonyl (C=O) groups is 3. The Hall–Kier alpha value is -3.19. The first-order chi connectivity index (χ1) is 13.7. The Morgan fingerprint density at radius 2 is 1.59 bits per heavy atom. The molecule has 0 bridgehead atoms. The number of nitrogens with one attached hydrogen (secondary N) is 3. The van der Waals surface area contributed by atoms with Gasteiger partial charge in [-0.25, -0.2) is 4.79 Å². The molecule has 7 nitrogen and oxygen atoms in total. The highest BCUT2D eigenvalue weighted by Crippen LogP contribution is 2.23. The van der Waals surface area contributed by atoms with Gasteiger partial charge in [0.05, 0.1) is 6.54 Å². The first kappa shape index (κ1) is 22.1. The van der Waals surface area contributed by atoms with Crippen molar-refractivity contribution in [3.8, 4) is 0 Å². The van der Waals surface area contributed by atoms with Crippen LogP contribution in [-0.4, -0.2) is 43.4 Å². The third-order valence-electron chi connectivity index (χ3n) is 4.60. The fourth-order valence-corrected chi connectivity index (χ4v) is 3.36. The van der Waals surface area contributed by atoms with E-state index in [-0.39, 0.29) is 12.5 Å². The van der Waals surface area contributed by atoms with Gasteiger partial charge in [-0.05, 0) is 44.5 Å². The number of rotatable bonds is 6. The van der Waals surface area contributed by atoms with E-state index in [9.17, 15) is 14.4 Å². The standard InChI is InChI=1S/C22H28N4O3/c1-14-11-15(2)19(16(3)12-14)24-18(27)13-26(5)20(17-9-7-6-8-10-17)21(28)25-22(29)23-4/h6-12,20H,13H2,1-5H3,(H,24,27)(H2,23,25,28,29). The summed E-state index contributed by atoms with van der Waals surface area (Å²) in [6.07, 6.45) is 0. The maximum atomic E-state index is 12.7. The number of nitrogens with zero attached hydrogens (tertiary/aromatic N) is 1. The predicted octanol–water partition coefficient (Wildman–Crippen LogP) is 2.68. The topological polar surface area (TPSA) is 90.5 Å². The minimum Gasteiger partial charge on any atom is -0.341 e. The van der Waals surface area contributed by atoms with E-state index in [0.29, 0.717) is 5.56 Å². The second-order valence-corrected chi connectivity index (χ2v) is 7.12. The monoisotopic (exact) mass is 396 g/mol. The van der Waals surface area contributed by atoms with E-state index >= 15 is 0 Å². The molecule has 4 amide bonds. The molecule has 7 heteroatoms. The van der Waals surface area contributed by atoms with Gasteiger partial charge < -0.3 is 10.6 Å². The zero-order valence-corrected chi connectivity index (χ0v) is 17.5. The zero-order chi connectivity index (χ0) is 21.6. The second-order valence-electron chi connectivity index (χ2n) is 7.12. The SMILES string of the molecule is CNC(=O)NC(=O)C(c1ccccc1)N(C)CC(=O)Nc1c(C)cc(C)cc1C. The van der Waals surface area contributed by atoms with Crippen LogP contribution in [0.4, 0.5) is 10.5 Å². The third-order valence-corrected chi connectivity index (χ3v) is 4.60. The third kappa shape index (κ3) is 5.89. The molecule has 1 atom stereocenters. The Labute approximate surface area is 171 Å². The van der Waals surface area contributed by atoms with E-state index in [2.05, 4.69) is 16.0 Å². The highest BCUT2D eigenvalue weighted by atomic mass is 16.2. The smallest absolute Gasteiger partial charge is 0.321 e. The number of anilines is 1. The predicted molar refractivity (Wildman–Crippen MR) is 114 cm³/mol. The molecule has 0 heterocycles. The number of imide groups is 1. The lowest BCUT2D eigenvalue weighted by atomic mass is 10.0. The molecule has 0 radical (unpaired) electrons. The van der Waals surface area contributed by atoms with Gasteiger partial charge in [0.2, 0.25) is 11.8 Å². The molecule has 0 aliphatic carbocycles. The molecule has 2 aromatic rings. The van der Waals surface area contributed by atoms with E-state index in [0.717, 1.165) is 22.4 Å². The Bertz CT molecular complexity index is 873. The van der Waals surface area contributed by atoms with Crippen LogP contribution in [0.1, 0.15) is 28.3 Å². The number of amides is 4. The molecular weight excluding hydrogens is 368 g/mol. The molecule has 0 spiro atoms. The summed E-state index contributed by atoms with van der Waals surface area (Å²) >= 11 is 0. The van der Waals surface area contributed by atoms with Gasteiger partial charge in [-0.1, -0.05) is 48.0 Å². The van der Waals surface area contributed by atoms with Gasteiger partial charge in [-0.15, -0.1) is 0 Å². The van der Waals surface area contributed by atoms with E-state index in [1.54, 1.807) is 24.1 Å². The van der Waals surface area contributed by atoms with Gasteiger partial charge in [-0.2, -0.15) is 0 Å². The average molecular weight is 396 g/mol. The summed E-state index contributed by atoms with van der Waals surface area (Å²) in [5.74, 6) is -0.746. The summed E-state index contributed by atoms with van der Waals surface area (Å²) in [5.41, 5.74) is 4.56. The Kier molecular flexibility index (Phi) is 7.50. The number of benzene rings is 2. The maximum absolute atomic E-state index is 12.7. The van der Waals surface area contributed by atoms with Crippen molar-refractivity contribution in [3.63, 3.8) is 0 Å². The first-order valence-corrected chi connectivity index (χ1v) is 9.38. The number of urea groups is 1. The summed E-state index contributed by atoms with van der Waals surface area (Å²) in [6, 6.07) is 11.7. The Morgan fingerprint density at radius 1 is 1.00 bits per heavy atom. The minimum atomic E-state index is -0.792. The second kappa shape index (κ2) is 9.84. The minimum absolute atomic E-state index is 0.0204. The fourth-order valence-electron chi connectivity index (χ4n) is 3.36. The quantitative estimate of drug-likeness (QED) is 0.700. The molecule has 0 fully saturated rings. The molecule has 0 aliphatic rings. The van der Waals surface area contributed by atoms with Crippen LogP contribution in [0.5, 0.6) is 0 Å². The van der Waals surface area contributed by atoms with Gasteiger partial charge in [0.25, 0.3) is 0 Å². The van der Waals surface area contributed by atoms with Gasteiger partial charge in [0.15, 0.2) is 0 Å². The maximum Gasteiger partial charge on any atom is 0.321 e. The van der Waals surface area contributed by atoms with Crippen LogP contribution in [0.15, 0.2) is 42.5 Å². The van der Waals surface area contributed by atoms with Crippen LogP contribution in [0.25, 0.3) is 0 Å². The van der Waals surface area contributed by atoms with Crippen molar-refractivity contribution in [1.29, 1.82) is 0 Å². The molecule has 2 aromatic carbocycles. The lowest BCUT2D eigenvalue weighted by molar-refractivity contribution is -0.126. The lowest BCUT2D eigenvalue weighted by Crippen LogP contribution is -2.46. The van der Waals surface area contributed by atoms with Crippen molar-refractivity contribution >= 4 is 23.5 Å². The van der Waals surface area contributed by atoms with Gasteiger partial charge >= 0.3 is 6.03 Å². The van der Waals surface area contributed by atoms with Crippen LogP contribution in [0.3, 0.4) is 0 Å². The molecule has 29 heavy (non-hydrogen) atoms.